The van der Waals surface area contributed by atoms with Crippen LogP contribution in [0.15, 0.2) is 36.4 Å². The molecule has 0 radical (unpaired) electrons. The van der Waals surface area contributed by atoms with Gasteiger partial charge in [0.2, 0.25) is 5.82 Å². The van der Waals surface area contributed by atoms with E-state index in [4.69, 9.17) is 4.74 Å². The Balaban J connectivity index is 1.40. The van der Waals surface area contributed by atoms with Crippen molar-refractivity contribution in [3.8, 4) is 16.9 Å². The lowest BCUT2D eigenvalue weighted by Crippen LogP contribution is -2.16. The molecule has 0 aliphatic heterocycles. The molecule has 1 N–H and O–H groups in total. The maximum Gasteiger partial charge on any atom is 0.201 e. The number of aryl methyl sites for hydroxylation is 1. The maximum absolute atomic E-state index is 14.9. The maximum atomic E-state index is 14.9. The van der Waals surface area contributed by atoms with Crippen molar-refractivity contribution < 1.29 is 36.2 Å². The number of halogens is 6. The molecule has 1 aliphatic rings. The highest BCUT2D eigenvalue weighted by molar-refractivity contribution is 5.66. The molecule has 1 atom stereocenters. The van der Waals surface area contributed by atoms with E-state index in [2.05, 4.69) is 0 Å². The fourth-order valence-electron chi connectivity index (χ4n) is 5.34. The molecule has 0 heterocycles. The van der Waals surface area contributed by atoms with Crippen LogP contribution in [-0.4, -0.2) is 11.7 Å². The van der Waals surface area contributed by atoms with Crippen LogP contribution in [0.4, 0.5) is 26.3 Å². The first-order chi connectivity index (χ1) is 18.1. The Kier molecular flexibility index (Phi) is 8.71. The third-order valence-corrected chi connectivity index (χ3v) is 7.50. The molecule has 38 heavy (non-hydrogen) atoms. The van der Waals surface area contributed by atoms with Gasteiger partial charge in [0.15, 0.2) is 34.8 Å². The second-order valence-electron chi connectivity index (χ2n) is 9.88. The predicted octanol–water partition coefficient (Wildman–Crippen LogP) is 8.55. The van der Waals surface area contributed by atoms with Gasteiger partial charge >= 0.3 is 0 Å². The molecule has 1 unspecified atom stereocenters. The summed E-state index contributed by atoms with van der Waals surface area (Å²) in [7, 11) is 0. The molecule has 1 aliphatic carbocycles. The number of benzene rings is 3. The van der Waals surface area contributed by atoms with Gasteiger partial charge in [-0.15, -0.1) is 0 Å². The van der Waals surface area contributed by atoms with Gasteiger partial charge in [0.25, 0.3) is 0 Å². The van der Waals surface area contributed by atoms with Crippen molar-refractivity contribution in [2.24, 2.45) is 5.92 Å². The fraction of sp³-hybridized carbons (Fsp3) is 0.400. The number of hydrogen-bond donors (Lipinski definition) is 1. The van der Waals surface area contributed by atoms with Crippen LogP contribution in [0.2, 0.25) is 0 Å². The van der Waals surface area contributed by atoms with Crippen LogP contribution in [0.3, 0.4) is 0 Å². The number of aliphatic hydroxyl groups excluding tert-OH is 1. The zero-order valence-corrected chi connectivity index (χ0v) is 21.3. The molecule has 0 aromatic heterocycles. The minimum atomic E-state index is -1.31. The summed E-state index contributed by atoms with van der Waals surface area (Å²) in [5.74, 6) is -7.10. The van der Waals surface area contributed by atoms with Gasteiger partial charge in [-0.3, -0.25) is 0 Å². The van der Waals surface area contributed by atoms with Crippen LogP contribution >= 0.6 is 0 Å². The Labute approximate surface area is 218 Å². The Morgan fingerprint density at radius 2 is 1.39 bits per heavy atom. The third-order valence-electron chi connectivity index (χ3n) is 7.50. The highest BCUT2D eigenvalue weighted by Gasteiger charge is 2.27. The van der Waals surface area contributed by atoms with Crippen molar-refractivity contribution in [1.29, 1.82) is 0 Å². The van der Waals surface area contributed by atoms with E-state index in [1.54, 1.807) is 6.92 Å². The number of rotatable bonds is 8. The zero-order chi connectivity index (χ0) is 27.6. The molecule has 0 bridgehead atoms. The largest absolute Gasteiger partial charge is 0.491 e. The number of hydrogen-bond acceptors (Lipinski definition) is 2. The molecule has 0 amide bonds. The van der Waals surface area contributed by atoms with Crippen molar-refractivity contribution in [2.75, 3.05) is 6.61 Å². The Hall–Kier alpha value is -3.00. The van der Waals surface area contributed by atoms with E-state index in [0.717, 1.165) is 18.9 Å². The molecule has 3 aromatic carbocycles. The highest BCUT2D eigenvalue weighted by Crippen LogP contribution is 2.40. The van der Waals surface area contributed by atoms with E-state index in [1.807, 2.05) is 0 Å². The van der Waals surface area contributed by atoms with Crippen LogP contribution in [0, 0.1) is 40.8 Å². The van der Waals surface area contributed by atoms with Crippen molar-refractivity contribution >= 4 is 0 Å². The van der Waals surface area contributed by atoms with Gasteiger partial charge in [0.1, 0.15) is 0 Å². The van der Waals surface area contributed by atoms with E-state index in [0.29, 0.717) is 24.8 Å². The van der Waals surface area contributed by atoms with Crippen molar-refractivity contribution in [3.63, 3.8) is 0 Å². The molecule has 0 spiro atoms. The minimum Gasteiger partial charge on any atom is -0.491 e. The molecule has 0 saturated heterocycles. The monoisotopic (exact) mass is 536 g/mol. The zero-order valence-electron chi connectivity index (χ0n) is 21.3. The van der Waals surface area contributed by atoms with E-state index in [1.165, 1.54) is 37.3 Å². The molecular weight excluding hydrogens is 506 g/mol. The molecule has 1 fully saturated rings. The first kappa shape index (κ1) is 28.0. The Morgan fingerprint density at radius 3 is 2.03 bits per heavy atom. The Morgan fingerprint density at radius 1 is 0.763 bits per heavy atom. The highest BCUT2D eigenvalue weighted by atomic mass is 19.2. The summed E-state index contributed by atoms with van der Waals surface area (Å²) in [6.07, 6.45) is 2.44. The normalized spacial score (nSPS) is 18.4. The van der Waals surface area contributed by atoms with Crippen LogP contribution in [-0.2, 0) is 6.42 Å². The lowest BCUT2D eigenvalue weighted by atomic mass is 9.76. The summed E-state index contributed by atoms with van der Waals surface area (Å²) in [6, 6.07) is 7.92. The minimum absolute atomic E-state index is 0.0735. The van der Waals surface area contributed by atoms with E-state index < -0.39 is 46.6 Å². The average Bonchev–Trinajstić information content (AvgIpc) is 2.90. The summed E-state index contributed by atoms with van der Waals surface area (Å²) in [5, 5.41) is 9.59. The predicted molar refractivity (Wildman–Crippen MR) is 133 cm³/mol. The van der Waals surface area contributed by atoms with E-state index in [-0.39, 0.29) is 47.3 Å². The summed E-state index contributed by atoms with van der Waals surface area (Å²) in [6.45, 7) is 3.12. The van der Waals surface area contributed by atoms with Crippen LogP contribution in [0.25, 0.3) is 11.1 Å². The van der Waals surface area contributed by atoms with Crippen molar-refractivity contribution in [1.82, 2.24) is 0 Å². The first-order valence-corrected chi connectivity index (χ1v) is 12.9. The quantitative estimate of drug-likeness (QED) is 0.292. The van der Waals surface area contributed by atoms with Crippen LogP contribution in [0.1, 0.15) is 74.7 Å². The van der Waals surface area contributed by atoms with Crippen molar-refractivity contribution in [3.05, 3.63) is 88.0 Å². The first-order valence-electron chi connectivity index (χ1n) is 12.9. The van der Waals surface area contributed by atoms with Crippen LogP contribution in [0.5, 0.6) is 5.75 Å². The molecule has 2 nitrogen and oxygen atoms in total. The number of ether oxygens (including phenoxy) is 1. The van der Waals surface area contributed by atoms with Gasteiger partial charge < -0.3 is 9.84 Å². The number of aliphatic hydroxyl groups is 1. The van der Waals surface area contributed by atoms with E-state index >= 15 is 0 Å². The Bertz CT molecular complexity index is 1300. The second-order valence-corrected chi connectivity index (χ2v) is 9.88. The van der Waals surface area contributed by atoms with Gasteiger partial charge in [-0.25, -0.2) is 22.0 Å². The molecule has 4 rings (SSSR count). The molecule has 8 heteroatoms. The lowest BCUT2D eigenvalue weighted by molar-refractivity contribution is 0.192. The van der Waals surface area contributed by atoms with Crippen LogP contribution < -0.4 is 4.74 Å². The lowest BCUT2D eigenvalue weighted by Gasteiger charge is -2.29. The van der Waals surface area contributed by atoms with Gasteiger partial charge in [0.05, 0.1) is 12.7 Å². The summed E-state index contributed by atoms with van der Waals surface area (Å²) < 4.78 is 92.4. The fourth-order valence-corrected chi connectivity index (χ4v) is 5.34. The van der Waals surface area contributed by atoms with Gasteiger partial charge in [-0.1, -0.05) is 24.3 Å². The van der Waals surface area contributed by atoms with E-state index in [9.17, 15) is 31.4 Å². The van der Waals surface area contributed by atoms with Gasteiger partial charge in [-0.05, 0) is 87.5 Å². The standard InChI is InChI=1S/C30H30F6O2/c1-3-38-24-15-14-23(29(35)30(24)36)22-11-10-19(25(31)28(22)34)9-6-17-4-7-18(8-5-17)21-13-12-20(16(2)37)26(32)27(21)33/h10-18,37H,3-9H2,1-2H3. The summed E-state index contributed by atoms with van der Waals surface area (Å²) in [5.41, 5.74) is -0.399. The summed E-state index contributed by atoms with van der Waals surface area (Å²) >= 11 is 0. The topological polar surface area (TPSA) is 29.5 Å². The molecule has 3 aromatic rings. The third kappa shape index (κ3) is 5.55. The SMILES string of the molecule is CCOc1ccc(-c2ccc(CCC3CCC(c4ccc(C(C)O)c(F)c4F)CC3)c(F)c2F)c(F)c1F. The van der Waals surface area contributed by atoms with Gasteiger partial charge in [0, 0.05) is 16.7 Å². The molecule has 204 valence electrons. The van der Waals surface area contributed by atoms with Crippen molar-refractivity contribution in [2.45, 2.75) is 64.4 Å². The molecular formula is C30H30F6O2. The smallest absolute Gasteiger partial charge is 0.201 e. The average molecular weight is 537 g/mol. The molecule has 1 saturated carbocycles. The second kappa shape index (κ2) is 11.8. The summed E-state index contributed by atoms with van der Waals surface area (Å²) in [4.78, 5) is 0. The van der Waals surface area contributed by atoms with Gasteiger partial charge in [-0.2, -0.15) is 4.39 Å².